The van der Waals surface area contributed by atoms with Crippen molar-refractivity contribution in [3.63, 3.8) is 0 Å². The van der Waals surface area contributed by atoms with Crippen molar-refractivity contribution in [1.82, 2.24) is 20.2 Å². The van der Waals surface area contributed by atoms with Crippen molar-refractivity contribution in [2.75, 3.05) is 0 Å². The molecule has 0 bridgehead atoms. The van der Waals surface area contributed by atoms with Gasteiger partial charge in [-0.1, -0.05) is 31.0 Å². The zero-order valence-corrected chi connectivity index (χ0v) is 11.1. The molecule has 5 nitrogen and oxygen atoms in total. The molecule has 0 radical (unpaired) electrons. The van der Waals surface area contributed by atoms with Crippen LogP contribution in [-0.4, -0.2) is 25.3 Å². The Morgan fingerprint density at radius 3 is 2.83 bits per heavy atom. The average Bonchev–Trinajstić information content (AvgIpc) is 2.75. The van der Waals surface area contributed by atoms with Crippen molar-refractivity contribution < 1.29 is 5.11 Å². The molecule has 6 heteroatoms. The van der Waals surface area contributed by atoms with Gasteiger partial charge in [-0.2, -0.15) is 0 Å². The first-order valence-electron chi connectivity index (χ1n) is 5.83. The molecule has 2 aromatic rings. The molecule has 2 rings (SSSR count). The number of halogens is 1. The van der Waals surface area contributed by atoms with Gasteiger partial charge in [-0.25, -0.2) is 4.68 Å². The van der Waals surface area contributed by atoms with Crippen LogP contribution in [0.2, 0.25) is 5.02 Å². The highest BCUT2D eigenvalue weighted by atomic mass is 35.5. The summed E-state index contributed by atoms with van der Waals surface area (Å²) < 4.78 is 1.56. The maximum absolute atomic E-state index is 10.2. The molecule has 0 spiro atoms. The minimum absolute atomic E-state index is 0.529. The smallest absolute Gasteiger partial charge is 0.182 e. The lowest BCUT2D eigenvalue weighted by Gasteiger charge is -2.14. The normalized spacial score (nSPS) is 12.7. The van der Waals surface area contributed by atoms with E-state index < -0.39 is 6.10 Å². The fraction of sp³-hybridized carbons (Fsp3) is 0.417. The van der Waals surface area contributed by atoms with Gasteiger partial charge in [-0.15, -0.1) is 5.10 Å². The van der Waals surface area contributed by atoms with E-state index in [2.05, 4.69) is 15.5 Å². The topological polar surface area (TPSA) is 63.8 Å². The Hall–Kier alpha value is -1.46. The molecule has 18 heavy (non-hydrogen) atoms. The van der Waals surface area contributed by atoms with E-state index in [9.17, 15) is 5.11 Å². The molecule has 1 unspecified atom stereocenters. The van der Waals surface area contributed by atoms with Gasteiger partial charge in [0.15, 0.2) is 5.82 Å². The van der Waals surface area contributed by atoms with E-state index in [0.29, 0.717) is 17.3 Å². The maximum atomic E-state index is 10.2. The minimum atomic E-state index is -0.529. The van der Waals surface area contributed by atoms with E-state index >= 15 is 0 Å². The Bertz CT molecular complexity index is 541. The predicted molar refractivity (Wildman–Crippen MR) is 69.1 cm³/mol. The fourth-order valence-electron chi connectivity index (χ4n) is 1.90. The zero-order valence-electron chi connectivity index (χ0n) is 10.3. The molecule has 1 heterocycles. The monoisotopic (exact) mass is 266 g/mol. The van der Waals surface area contributed by atoms with Gasteiger partial charge >= 0.3 is 0 Å². The molecular weight excluding hydrogens is 252 g/mol. The van der Waals surface area contributed by atoms with Crippen LogP contribution in [0.5, 0.6) is 0 Å². The second-order valence-corrected chi connectivity index (χ2v) is 4.60. The number of aliphatic hydroxyl groups excluding tert-OH is 1. The number of tetrazole rings is 1. The maximum Gasteiger partial charge on any atom is 0.182 e. The van der Waals surface area contributed by atoms with Crippen molar-refractivity contribution in [1.29, 1.82) is 0 Å². The average molecular weight is 267 g/mol. The van der Waals surface area contributed by atoms with Gasteiger partial charge in [-0.05, 0) is 34.5 Å². The summed E-state index contributed by atoms with van der Waals surface area (Å²) in [5.74, 6) is 0.600. The van der Waals surface area contributed by atoms with E-state index in [4.69, 9.17) is 11.6 Å². The summed E-state index contributed by atoms with van der Waals surface area (Å²) in [7, 11) is 1.76. The Balaban J connectivity index is 2.51. The van der Waals surface area contributed by atoms with Crippen LogP contribution in [0.25, 0.3) is 11.4 Å². The summed E-state index contributed by atoms with van der Waals surface area (Å²) in [6.07, 6.45) is 1.07. The van der Waals surface area contributed by atoms with Crippen LogP contribution in [0, 0.1) is 0 Å². The second-order valence-electron chi connectivity index (χ2n) is 4.16. The molecule has 0 aliphatic rings. The van der Waals surface area contributed by atoms with Crippen molar-refractivity contribution in [3.05, 3.63) is 28.8 Å². The van der Waals surface area contributed by atoms with Gasteiger partial charge in [0, 0.05) is 17.6 Å². The highest BCUT2D eigenvalue weighted by Gasteiger charge is 2.17. The van der Waals surface area contributed by atoms with Crippen LogP contribution in [0.4, 0.5) is 0 Å². The standard InChI is InChI=1S/C12H15ClN4O/c1-3-4-11(18)9-6-5-8(13)7-10(9)12-14-15-16-17(12)2/h5-7,11,18H,3-4H2,1-2H3. The van der Waals surface area contributed by atoms with E-state index in [1.54, 1.807) is 23.9 Å². The number of nitrogens with zero attached hydrogens (tertiary/aromatic N) is 4. The van der Waals surface area contributed by atoms with Crippen LogP contribution in [0.1, 0.15) is 31.4 Å². The number of hydrogen-bond acceptors (Lipinski definition) is 4. The van der Waals surface area contributed by atoms with E-state index in [1.165, 1.54) is 0 Å². The van der Waals surface area contributed by atoms with Crippen molar-refractivity contribution in [2.24, 2.45) is 7.05 Å². The molecule has 0 aliphatic heterocycles. The van der Waals surface area contributed by atoms with E-state index in [1.807, 2.05) is 13.0 Å². The summed E-state index contributed by atoms with van der Waals surface area (Å²) in [6, 6.07) is 5.37. The molecule has 0 saturated carbocycles. The van der Waals surface area contributed by atoms with Crippen molar-refractivity contribution >= 4 is 11.6 Å². The lowest BCUT2D eigenvalue weighted by molar-refractivity contribution is 0.167. The lowest BCUT2D eigenvalue weighted by atomic mass is 9.99. The quantitative estimate of drug-likeness (QED) is 0.923. The third-order valence-electron chi connectivity index (χ3n) is 2.80. The summed E-state index contributed by atoms with van der Waals surface area (Å²) in [6.45, 7) is 2.03. The minimum Gasteiger partial charge on any atom is -0.388 e. The third-order valence-corrected chi connectivity index (χ3v) is 3.03. The largest absolute Gasteiger partial charge is 0.388 e. The highest BCUT2D eigenvalue weighted by Crippen LogP contribution is 2.31. The SMILES string of the molecule is CCCC(O)c1ccc(Cl)cc1-c1nnnn1C. The van der Waals surface area contributed by atoms with E-state index in [-0.39, 0.29) is 0 Å². The summed E-state index contributed by atoms with van der Waals surface area (Å²) >= 11 is 6.01. The Labute approximate surface area is 110 Å². The number of aliphatic hydroxyl groups is 1. The molecular formula is C12H15ClN4O. The molecule has 1 atom stereocenters. The summed E-state index contributed by atoms with van der Waals surface area (Å²) in [5, 5.41) is 22.1. The van der Waals surface area contributed by atoms with Crippen molar-refractivity contribution in [2.45, 2.75) is 25.9 Å². The van der Waals surface area contributed by atoms with Crippen LogP contribution >= 0.6 is 11.6 Å². The van der Waals surface area contributed by atoms with Gasteiger partial charge in [0.1, 0.15) is 0 Å². The van der Waals surface area contributed by atoms with Gasteiger partial charge < -0.3 is 5.11 Å². The molecule has 1 aromatic heterocycles. The molecule has 1 aromatic carbocycles. The van der Waals surface area contributed by atoms with E-state index in [0.717, 1.165) is 17.5 Å². The first-order valence-corrected chi connectivity index (χ1v) is 6.21. The molecule has 0 aliphatic carbocycles. The fourth-order valence-corrected chi connectivity index (χ4v) is 2.07. The molecule has 96 valence electrons. The molecule has 0 saturated heterocycles. The number of rotatable bonds is 4. The number of hydrogen-bond donors (Lipinski definition) is 1. The highest BCUT2D eigenvalue weighted by molar-refractivity contribution is 6.30. The van der Waals surface area contributed by atoms with Crippen LogP contribution in [-0.2, 0) is 7.05 Å². The Kier molecular flexibility index (Phi) is 3.93. The molecule has 1 N–H and O–H groups in total. The first kappa shape index (κ1) is 13.0. The van der Waals surface area contributed by atoms with Crippen LogP contribution < -0.4 is 0 Å². The zero-order chi connectivity index (χ0) is 13.1. The van der Waals surface area contributed by atoms with Crippen LogP contribution in [0.3, 0.4) is 0 Å². The van der Waals surface area contributed by atoms with Crippen LogP contribution in [0.15, 0.2) is 18.2 Å². The van der Waals surface area contributed by atoms with Gasteiger partial charge in [0.05, 0.1) is 6.10 Å². The summed E-state index contributed by atoms with van der Waals surface area (Å²) in [5.41, 5.74) is 1.58. The Morgan fingerprint density at radius 1 is 1.44 bits per heavy atom. The number of aromatic nitrogens is 4. The molecule has 0 fully saturated rings. The van der Waals surface area contributed by atoms with Gasteiger partial charge in [0.25, 0.3) is 0 Å². The molecule has 0 amide bonds. The number of benzene rings is 1. The predicted octanol–water partition coefficient (Wildman–Crippen LogP) is 2.36. The third kappa shape index (κ3) is 2.52. The first-order chi connectivity index (χ1) is 8.63. The lowest BCUT2D eigenvalue weighted by Crippen LogP contribution is -2.03. The van der Waals surface area contributed by atoms with Gasteiger partial charge in [0.2, 0.25) is 0 Å². The number of aryl methyl sites for hydroxylation is 1. The second kappa shape index (κ2) is 5.46. The van der Waals surface area contributed by atoms with Gasteiger partial charge in [-0.3, -0.25) is 0 Å². The Morgan fingerprint density at radius 2 is 2.22 bits per heavy atom. The summed E-state index contributed by atoms with van der Waals surface area (Å²) in [4.78, 5) is 0. The van der Waals surface area contributed by atoms with Crippen molar-refractivity contribution in [3.8, 4) is 11.4 Å².